The summed E-state index contributed by atoms with van der Waals surface area (Å²) in [5.41, 5.74) is 2.36. The standard InChI is InChI=1S/C21H17ClN6O2S/c1-14-17(15-7-10-24-19(11-15)27-18-8-9-23-13-26-18)12-25-21(22)20(14)28-31(29,30)16-5-3-2-4-6-16/h2-13,28H,1H3,(H,23,24,26,27). The van der Waals surface area contributed by atoms with Gasteiger partial charge in [0.1, 0.15) is 18.0 Å². The molecule has 0 amide bonds. The Bertz CT molecular complexity index is 1320. The summed E-state index contributed by atoms with van der Waals surface area (Å²) in [6, 6.07) is 13.4. The van der Waals surface area contributed by atoms with Crippen LogP contribution in [0.2, 0.25) is 5.15 Å². The highest BCUT2D eigenvalue weighted by Gasteiger charge is 2.19. The Balaban J connectivity index is 1.69. The Morgan fingerprint density at radius 3 is 2.48 bits per heavy atom. The number of anilines is 3. The second-order valence-corrected chi connectivity index (χ2v) is 8.57. The smallest absolute Gasteiger partial charge is 0.262 e. The van der Waals surface area contributed by atoms with Crippen molar-refractivity contribution in [3.05, 3.63) is 84.2 Å². The zero-order valence-electron chi connectivity index (χ0n) is 16.3. The maximum atomic E-state index is 12.8. The summed E-state index contributed by atoms with van der Waals surface area (Å²) in [5.74, 6) is 1.17. The van der Waals surface area contributed by atoms with E-state index in [1.165, 1.54) is 18.5 Å². The molecule has 0 spiro atoms. The number of rotatable bonds is 6. The normalized spacial score (nSPS) is 11.2. The summed E-state index contributed by atoms with van der Waals surface area (Å²) in [7, 11) is -3.82. The molecule has 10 heteroatoms. The maximum Gasteiger partial charge on any atom is 0.262 e. The topological polar surface area (TPSA) is 110 Å². The minimum Gasteiger partial charge on any atom is -0.325 e. The van der Waals surface area contributed by atoms with Gasteiger partial charge < -0.3 is 5.32 Å². The molecule has 2 N–H and O–H groups in total. The molecule has 31 heavy (non-hydrogen) atoms. The molecule has 0 saturated carbocycles. The third-order valence-electron chi connectivity index (χ3n) is 4.49. The van der Waals surface area contributed by atoms with E-state index in [2.05, 4.69) is 30.0 Å². The number of nitrogens with one attached hydrogen (secondary N) is 2. The Hall–Kier alpha value is -3.56. The molecule has 0 unspecified atom stereocenters. The minimum atomic E-state index is -3.82. The third-order valence-corrected chi connectivity index (χ3v) is 6.14. The van der Waals surface area contributed by atoms with Crippen molar-refractivity contribution in [3.63, 3.8) is 0 Å². The van der Waals surface area contributed by atoms with E-state index in [0.29, 0.717) is 22.8 Å². The van der Waals surface area contributed by atoms with Gasteiger partial charge in [0.15, 0.2) is 5.15 Å². The number of hydrogen-bond acceptors (Lipinski definition) is 7. The van der Waals surface area contributed by atoms with E-state index in [4.69, 9.17) is 11.6 Å². The van der Waals surface area contributed by atoms with Gasteiger partial charge in [-0.3, -0.25) is 4.72 Å². The first-order valence-corrected chi connectivity index (χ1v) is 11.0. The Labute approximate surface area is 184 Å². The lowest BCUT2D eigenvalue weighted by atomic mass is 10.0. The van der Waals surface area contributed by atoms with Crippen molar-refractivity contribution in [2.24, 2.45) is 0 Å². The monoisotopic (exact) mass is 452 g/mol. The van der Waals surface area contributed by atoms with E-state index in [0.717, 1.165) is 5.56 Å². The van der Waals surface area contributed by atoms with E-state index in [-0.39, 0.29) is 15.7 Å². The van der Waals surface area contributed by atoms with Gasteiger partial charge in [-0.1, -0.05) is 29.8 Å². The minimum absolute atomic E-state index is 0.0640. The number of sulfonamides is 1. The average molecular weight is 453 g/mol. The van der Waals surface area contributed by atoms with Gasteiger partial charge in [0, 0.05) is 24.2 Å². The van der Waals surface area contributed by atoms with Gasteiger partial charge in [0.05, 0.1) is 10.6 Å². The van der Waals surface area contributed by atoms with Crippen molar-refractivity contribution in [2.45, 2.75) is 11.8 Å². The summed E-state index contributed by atoms with van der Waals surface area (Å²) in [5, 5.41) is 3.16. The van der Waals surface area contributed by atoms with Crippen LogP contribution in [0.25, 0.3) is 11.1 Å². The van der Waals surface area contributed by atoms with Crippen LogP contribution in [0.1, 0.15) is 5.56 Å². The summed E-state index contributed by atoms with van der Waals surface area (Å²) in [6.45, 7) is 1.78. The molecule has 0 aliphatic carbocycles. The first kappa shape index (κ1) is 20.7. The zero-order chi connectivity index (χ0) is 21.8. The fraction of sp³-hybridized carbons (Fsp3) is 0.0476. The molecule has 0 fully saturated rings. The van der Waals surface area contributed by atoms with E-state index in [1.54, 1.807) is 55.8 Å². The lowest BCUT2D eigenvalue weighted by Crippen LogP contribution is -2.14. The number of benzene rings is 1. The molecule has 0 bridgehead atoms. The van der Waals surface area contributed by atoms with Crippen LogP contribution in [-0.4, -0.2) is 28.4 Å². The average Bonchev–Trinajstić information content (AvgIpc) is 2.78. The molecule has 4 aromatic rings. The van der Waals surface area contributed by atoms with Gasteiger partial charge in [-0.15, -0.1) is 0 Å². The van der Waals surface area contributed by atoms with Crippen LogP contribution >= 0.6 is 11.6 Å². The van der Waals surface area contributed by atoms with Crippen LogP contribution in [0.3, 0.4) is 0 Å². The fourth-order valence-corrected chi connectivity index (χ4v) is 4.38. The molecule has 4 rings (SSSR count). The molecule has 0 aliphatic rings. The SMILES string of the molecule is Cc1c(-c2ccnc(Nc3ccncn3)c2)cnc(Cl)c1NS(=O)(=O)c1ccccc1. The van der Waals surface area contributed by atoms with Gasteiger partial charge in [-0.05, 0) is 48.4 Å². The Kier molecular flexibility index (Phi) is 5.79. The second-order valence-electron chi connectivity index (χ2n) is 6.53. The van der Waals surface area contributed by atoms with Crippen molar-refractivity contribution in [1.82, 2.24) is 19.9 Å². The van der Waals surface area contributed by atoms with Crippen molar-refractivity contribution >= 4 is 38.9 Å². The highest BCUT2D eigenvalue weighted by molar-refractivity contribution is 7.92. The van der Waals surface area contributed by atoms with Crippen molar-refractivity contribution in [2.75, 3.05) is 10.0 Å². The predicted molar refractivity (Wildman–Crippen MR) is 120 cm³/mol. The molecule has 0 saturated heterocycles. The maximum absolute atomic E-state index is 12.8. The van der Waals surface area contributed by atoms with E-state index in [9.17, 15) is 8.42 Å². The summed E-state index contributed by atoms with van der Waals surface area (Å²) in [4.78, 5) is 16.6. The lowest BCUT2D eigenvalue weighted by Gasteiger charge is -2.15. The molecule has 0 atom stereocenters. The summed E-state index contributed by atoms with van der Waals surface area (Å²) in [6.07, 6.45) is 6.30. The molecule has 8 nitrogen and oxygen atoms in total. The molecule has 0 radical (unpaired) electrons. The number of hydrogen-bond donors (Lipinski definition) is 2. The van der Waals surface area contributed by atoms with Gasteiger partial charge in [0.25, 0.3) is 10.0 Å². The van der Waals surface area contributed by atoms with Crippen molar-refractivity contribution in [1.29, 1.82) is 0 Å². The van der Waals surface area contributed by atoms with E-state index in [1.807, 2.05) is 6.07 Å². The Morgan fingerprint density at radius 1 is 0.935 bits per heavy atom. The van der Waals surface area contributed by atoms with Crippen LogP contribution < -0.4 is 10.0 Å². The van der Waals surface area contributed by atoms with E-state index >= 15 is 0 Å². The summed E-state index contributed by atoms with van der Waals surface area (Å²) >= 11 is 6.24. The van der Waals surface area contributed by atoms with Gasteiger partial charge in [-0.25, -0.2) is 28.4 Å². The number of aromatic nitrogens is 4. The van der Waals surface area contributed by atoms with Gasteiger partial charge >= 0.3 is 0 Å². The zero-order valence-corrected chi connectivity index (χ0v) is 17.9. The molecular weight excluding hydrogens is 436 g/mol. The van der Waals surface area contributed by atoms with E-state index < -0.39 is 10.0 Å². The number of halogens is 1. The van der Waals surface area contributed by atoms with Gasteiger partial charge in [-0.2, -0.15) is 0 Å². The Morgan fingerprint density at radius 2 is 1.74 bits per heavy atom. The number of pyridine rings is 2. The predicted octanol–water partition coefficient (Wildman–Crippen LogP) is 4.44. The molecule has 3 heterocycles. The first-order chi connectivity index (χ1) is 14.9. The van der Waals surface area contributed by atoms with Crippen LogP contribution in [-0.2, 0) is 10.0 Å². The van der Waals surface area contributed by atoms with Crippen LogP contribution in [0.5, 0.6) is 0 Å². The molecule has 0 aliphatic heterocycles. The third kappa shape index (κ3) is 4.62. The highest BCUT2D eigenvalue weighted by atomic mass is 35.5. The second kappa shape index (κ2) is 8.66. The summed E-state index contributed by atoms with van der Waals surface area (Å²) < 4.78 is 28.1. The van der Waals surface area contributed by atoms with Crippen LogP contribution in [0.4, 0.5) is 17.3 Å². The van der Waals surface area contributed by atoms with Crippen LogP contribution in [0.15, 0.2) is 78.3 Å². The van der Waals surface area contributed by atoms with Crippen molar-refractivity contribution in [3.8, 4) is 11.1 Å². The number of nitrogens with zero attached hydrogens (tertiary/aromatic N) is 4. The molecular formula is C21H17ClN6O2S. The van der Waals surface area contributed by atoms with Crippen LogP contribution in [0, 0.1) is 6.92 Å². The first-order valence-electron chi connectivity index (χ1n) is 9.16. The largest absolute Gasteiger partial charge is 0.325 e. The molecule has 156 valence electrons. The molecule has 1 aromatic carbocycles. The highest BCUT2D eigenvalue weighted by Crippen LogP contribution is 2.34. The van der Waals surface area contributed by atoms with Gasteiger partial charge in [0.2, 0.25) is 0 Å². The quantitative estimate of drug-likeness (QED) is 0.416. The lowest BCUT2D eigenvalue weighted by molar-refractivity contribution is 0.601. The fourth-order valence-electron chi connectivity index (χ4n) is 2.94. The molecule has 3 aromatic heterocycles. The van der Waals surface area contributed by atoms with Crippen molar-refractivity contribution < 1.29 is 8.42 Å².